The number of esters is 1. The molecule has 7 heteroatoms. The van der Waals surface area contributed by atoms with E-state index in [4.69, 9.17) is 14.2 Å². The van der Waals surface area contributed by atoms with Gasteiger partial charge in [-0.1, -0.05) is 18.6 Å². The quantitative estimate of drug-likeness (QED) is 0.418. The van der Waals surface area contributed by atoms with Crippen molar-refractivity contribution in [2.45, 2.75) is 69.7 Å². The summed E-state index contributed by atoms with van der Waals surface area (Å²) < 4.78 is 17.4. The van der Waals surface area contributed by atoms with Gasteiger partial charge in [-0.3, -0.25) is 4.79 Å². The second-order valence-electron chi connectivity index (χ2n) is 9.42. The van der Waals surface area contributed by atoms with Crippen LogP contribution in [0.1, 0.15) is 39.5 Å². The molecule has 3 heterocycles. The number of aliphatic hydroxyl groups is 3. The van der Waals surface area contributed by atoms with Crippen LogP contribution in [-0.4, -0.2) is 58.1 Å². The molecule has 0 amide bonds. The lowest BCUT2D eigenvalue weighted by molar-refractivity contribution is -0.165. The van der Waals surface area contributed by atoms with Crippen molar-refractivity contribution in [1.82, 2.24) is 0 Å². The lowest BCUT2D eigenvalue weighted by Gasteiger charge is -2.52. The molecule has 0 aromatic carbocycles. The minimum Gasteiger partial charge on any atom is -0.469 e. The number of ether oxygens (including phenoxy) is 3. The molecule has 28 heavy (non-hydrogen) atoms. The van der Waals surface area contributed by atoms with Gasteiger partial charge in [0.05, 0.1) is 43.0 Å². The highest BCUT2D eigenvalue weighted by atomic mass is 16.7. The molecule has 0 aromatic rings. The van der Waals surface area contributed by atoms with Gasteiger partial charge in [-0.15, -0.1) is 0 Å². The summed E-state index contributed by atoms with van der Waals surface area (Å²) in [5, 5.41) is 31.8. The second-order valence-corrected chi connectivity index (χ2v) is 9.42. The van der Waals surface area contributed by atoms with Crippen LogP contribution in [0.5, 0.6) is 0 Å². The first-order valence-electron chi connectivity index (χ1n) is 10.2. The maximum absolute atomic E-state index is 13.2. The largest absolute Gasteiger partial charge is 0.469 e. The van der Waals surface area contributed by atoms with Gasteiger partial charge >= 0.3 is 5.97 Å². The number of fused-ring (bicyclic) bond motifs is 3. The number of aliphatic hydroxyl groups excluding tert-OH is 3. The van der Waals surface area contributed by atoms with Gasteiger partial charge in [0.25, 0.3) is 0 Å². The van der Waals surface area contributed by atoms with Gasteiger partial charge in [0.2, 0.25) is 5.79 Å². The molecule has 0 aromatic heterocycles. The molecule has 0 bridgehead atoms. The van der Waals surface area contributed by atoms with E-state index in [-0.39, 0.29) is 18.5 Å². The maximum Gasteiger partial charge on any atom is 0.310 e. The number of carbonyl (C=O) groups is 1. The van der Waals surface area contributed by atoms with Crippen molar-refractivity contribution in [3.63, 3.8) is 0 Å². The fraction of sp³-hybridized carbons (Fsp3) is 0.762. The zero-order valence-electron chi connectivity index (χ0n) is 16.2. The van der Waals surface area contributed by atoms with Crippen LogP contribution in [0, 0.1) is 23.2 Å². The first-order valence-corrected chi connectivity index (χ1v) is 10.2. The molecule has 2 aliphatic carbocycles. The van der Waals surface area contributed by atoms with Crippen molar-refractivity contribution in [2.75, 3.05) is 6.61 Å². The molecule has 2 saturated heterocycles. The number of hydrogen-bond acceptors (Lipinski definition) is 7. The van der Waals surface area contributed by atoms with Crippen molar-refractivity contribution >= 4 is 5.97 Å². The number of rotatable bonds is 0. The summed E-state index contributed by atoms with van der Waals surface area (Å²) in [6, 6.07) is 0. The van der Waals surface area contributed by atoms with E-state index in [0.717, 1.165) is 11.1 Å². The molecule has 3 N–H and O–H groups in total. The van der Waals surface area contributed by atoms with Crippen molar-refractivity contribution in [3.05, 3.63) is 23.5 Å². The predicted octanol–water partition coefficient (Wildman–Crippen LogP) is 1.02. The van der Waals surface area contributed by atoms with Crippen molar-refractivity contribution in [2.24, 2.45) is 23.2 Å². The Bertz CT molecular complexity index is 760. The molecule has 3 fully saturated rings. The van der Waals surface area contributed by atoms with Gasteiger partial charge in [-0.25, -0.2) is 0 Å². The molecule has 5 rings (SSSR count). The summed E-state index contributed by atoms with van der Waals surface area (Å²) >= 11 is 0. The Morgan fingerprint density at radius 2 is 1.89 bits per heavy atom. The number of carbonyl (C=O) groups excluding carboxylic acids is 1. The molecule has 3 aliphatic heterocycles. The average Bonchev–Trinajstić information content (AvgIpc) is 3.12. The summed E-state index contributed by atoms with van der Waals surface area (Å²) in [5.74, 6) is -2.28. The molecule has 7 nitrogen and oxygen atoms in total. The average molecular weight is 392 g/mol. The lowest BCUT2D eigenvalue weighted by Crippen LogP contribution is -2.53. The van der Waals surface area contributed by atoms with E-state index in [1.807, 2.05) is 19.9 Å². The summed E-state index contributed by atoms with van der Waals surface area (Å²) in [5.41, 5.74) is 1.35. The molecule has 0 radical (unpaired) electrons. The predicted molar refractivity (Wildman–Crippen MR) is 96.6 cm³/mol. The van der Waals surface area contributed by atoms with Gasteiger partial charge in [-0.2, -0.15) is 0 Å². The minimum atomic E-state index is -0.873. The smallest absolute Gasteiger partial charge is 0.310 e. The monoisotopic (exact) mass is 392 g/mol. The Kier molecular flexibility index (Phi) is 4.02. The number of allylic oxidation sites excluding steroid dienone is 1. The van der Waals surface area contributed by atoms with Gasteiger partial charge < -0.3 is 29.5 Å². The molecule has 1 saturated carbocycles. The third-order valence-corrected chi connectivity index (χ3v) is 7.77. The molecular formula is C21H28O7. The Hall–Kier alpha value is -1.41. The molecule has 9 unspecified atom stereocenters. The molecule has 0 spiro atoms. The normalized spacial score (nSPS) is 52.6. The SMILES string of the molecule is CC12OC=C3CC(O)C4C(CC=C5CC(O)C(O)CC54C)C(=O)OC(CO1)C32. The molecule has 9 atom stereocenters. The van der Waals surface area contributed by atoms with Gasteiger partial charge in [-0.05, 0) is 36.7 Å². The maximum atomic E-state index is 13.2. The first kappa shape index (κ1) is 18.6. The molecule has 154 valence electrons. The minimum absolute atomic E-state index is 0.217. The molecule has 5 aliphatic rings. The van der Waals surface area contributed by atoms with Crippen LogP contribution in [0.2, 0.25) is 0 Å². The Labute approximate surface area is 164 Å². The fourth-order valence-electron chi connectivity index (χ4n) is 6.36. The van der Waals surface area contributed by atoms with Crippen molar-refractivity contribution < 1.29 is 34.3 Å². The zero-order valence-corrected chi connectivity index (χ0v) is 16.2. The van der Waals surface area contributed by atoms with Crippen molar-refractivity contribution in [1.29, 1.82) is 0 Å². The van der Waals surface area contributed by atoms with Crippen LogP contribution < -0.4 is 0 Å². The summed E-state index contributed by atoms with van der Waals surface area (Å²) in [7, 11) is 0. The van der Waals surface area contributed by atoms with E-state index >= 15 is 0 Å². The summed E-state index contributed by atoms with van der Waals surface area (Å²) in [6.07, 6.45) is 2.29. The second kappa shape index (κ2) is 6.05. The first-order chi connectivity index (χ1) is 13.2. The van der Waals surface area contributed by atoms with Gasteiger partial charge in [0.15, 0.2) is 0 Å². The van der Waals surface area contributed by atoms with E-state index in [9.17, 15) is 20.1 Å². The highest BCUT2D eigenvalue weighted by Gasteiger charge is 2.60. The van der Waals surface area contributed by atoms with E-state index in [1.54, 1.807) is 6.26 Å². The lowest BCUT2D eigenvalue weighted by atomic mass is 9.54. The summed E-state index contributed by atoms with van der Waals surface area (Å²) in [6.45, 7) is 4.11. The Morgan fingerprint density at radius 3 is 2.68 bits per heavy atom. The third-order valence-electron chi connectivity index (χ3n) is 7.77. The van der Waals surface area contributed by atoms with Gasteiger partial charge in [0, 0.05) is 12.8 Å². The van der Waals surface area contributed by atoms with Crippen LogP contribution >= 0.6 is 0 Å². The van der Waals surface area contributed by atoms with Gasteiger partial charge in [0.1, 0.15) is 6.10 Å². The standard InChI is InChI=1S/C21H28O7/c1-20-7-15(24)13(22)6-11(20)3-4-12-18(20)14(23)5-10-8-26-21(2)17(10)16(9-27-21)28-19(12)25/h3,8,12-18,22-24H,4-7,9H2,1-2H3. The topological polar surface area (TPSA) is 105 Å². The van der Waals surface area contributed by atoms with Crippen LogP contribution in [0.4, 0.5) is 0 Å². The van der Waals surface area contributed by atoms with Crippen LogP contribution in [0.15, 0.2) is 23.5 Å². The van der Waals surface area contributed by atoms with Crippen LogP contribution in [0.25, 0.3) is 0 Å². The summed E-state index contributed by atoms with van der Waals surface area (Å²) in [4.78, 5) is 13.2. The van der Waals surface area contributed by atoms with E-state index < -0.39 is 47.5 Å². The Morgan fingerprint density at radius 1 is 1.11 bits per heavy atom. The van der Waals surface area contributed by atoms with Crippen molar-refractivity contribution in [3.8, 4) is 0 Å². The van der Waals surface area contributed by atoms with E-state index in [1.165, 1.54) is 0 Å². The number of hydrogen-bond donors (Lipinski definition) is 3. The highest BCUT2D eigenvalue weighted by Crippen LogP contribution is 2.56. The fourth-order valence-corrected chi connectivity index (χ4v) is 6.36. The highest BCUT2D eigenvalue weighted by molar-refractivity contribution is 5.74. The van der Waals surface area contributed by atoms with E-state index in [2.05, 4.69) is 0 Å². The third kappa shape index (κ3) is 2.46. The zero-order chi connectivity index (χ0) is 19.8. The van der Waals surface area contributed by atoms with Crippen LogP contribution in [0.3, 0.4) is 0 Å². The van der Waals surface area contributed by atoms with Crippen LogP contribution in [-0.2, 0) is 19.0 Å². The molecular weight excluding hydrogens is 364 g/mol. The Balaban J connectivity index is 1.55. The van der Waals surface area contributed by atoms with E-state index in [0.29, 0.717) is 25.7 Å².